The van der Waals surface area contributed by atoms with E-state index >= 15 is 0 Å². The molecular formula is C23H22ClNO2. The molecule has 0 heterocycles. The van der Waals surface area contributed by atoms with E-state index in [1.165, 1.54) is 11.1 Å². The monoisotopic (exact) mass is 379 g/mol. The Morgan fingerprint density at radius 2 is 1.41 bits per heavy atom. The highest BCUT2D eigenvalue weighted by Crippen LogP contribution is 2.26. The van der Waals surface area contributed by atoms with Crippen molar-refractivity contribution in [3.8, 4) is 5.75 Å². The van der Waals surface area contributed by atoms with Gasteiger partial charge in [-0.1, -0.05) is 84.4 Å². The number of ether oxygens (including phenoxy) is 2. The van der Waals surface area contributed by atoms with Gasteiger partial charge >= 0.3 is 6.08 Å². The molecule has 0 spiro atoms. The SMILES string of the molecule is CCOC(=NCC(c1ccccc1)c1ccccc1)Oc1ccccc1Cl. The van der Waals surface area contributed by atoms with E-state index in [9.17, 15) is 0 Å². The van der Waals surface area contributed by atoms with E-state index in [4.69, 9.17) is 21.1 Å². The van der Waals surface area contributed by atoms with Crippen LogP contribution in [0.15, 0.2) is 89.9 Å². The Bertz CT molecular complexity index is 826. The molecule has 0 unspecified atom stereocenters. The summed E-state index contributed by atoms with van der Waals surface area (Å²) in [5.41, 5.74) is 2.39. The molecule has 0 aliphatic carbocycles. The summed E-state index contributed by atoms with van der Waals surface area (Å²) in [7, 11) is 0. The summed E-state index contributed by atoms with van der Waals surface area (Å²) >= 11 is 6.19. The molecule has 0 amide bonds. The summed E-state index contributed by atoms with van der Waals surface area (Å²) < 4.78 is 11.4. The van der Waals surface area contributed by atoms with E-state index in [0.717, 1.165) is 0 Å². The zero-order chi connectivity index (χ0) is 18.9. The molecule has 4 heteroatoms. The maximum absolute atomic E-state index is 6.19. The molecule has 0 fully saturated rings. The molecule has 0 aromatic heterocycles. The lowest BCUT2D eigenvalue weighted by Crippen LogP contribution is -2.16. The first-order valence-corrected chi connectivity index (χ1v) is 9.35. The molecule has 3 rings (SSSR count). The summed E-state index contributed by atoms with van der Waals surface area (Å²) in [5.74, 6) is 0.639. The Morgan fingerprint density at radius 3 is 1.96 bits per heavy atom. The molecule has 0 N–H and O–H groups in total. The van der Waals surface area contributed by atoms with Crippen LogP contribution >= 0.6 is 11.6 Å². The number of aliphatic imine (C=N–C) groups is 1. The maximum Gasteiger partial charge on any atom is 0.389 e. The first-order valence-electron chi connectivity index (χ1n) is 8.97. The smallest absolute Gasteiger partial charge is 0.389 e. The van der Waals surface area contributed by atoms with Gasteiger partial charge in [-0.2, -0.15) is 0 Å². The molecule has 3 aromatic rings. The van der Waals surface area contributed by atoms with Crippen molar-refractivity contribution in [1.29, 1.82) is 0 Å². The topological polar surface area (TPSA) is 30.8 Å². The van der Waals surface area contributed by atoms with E-state index in [0.29, 0.717) is 23.9 Å². The van der Waals surface area contributed by atoms with Crippen LogP contribution < -0.4 is 4.74 Å². The number of para-hydroxylation sites is 1. The van der Waals surface area contributed by atoms with E-state index in [1.54, 1.807) is 12.1 Å². The number of rotatable bonds is 6. The zero-order valence-electron chi connectivity index (χ0n) is 15.2. The number of benzene rings is 3. The molecule has 3 nitrogen and oxygen atoms in total. The minimum atomic E-state index is 0.109. The lowest BCUT2D eigenvalue weighted by Gasteiger charge is -2.17. The highest BCUT2D eigenvalue weighted by Gasteiger charge is 2.15. The fraction of sp³-hybridized carbons (Fsp3) is 0.174. The third-order valence-electron chi connectivity index (χ3n) is 4.11. The van der Waals surface area contributed by atoms with Crippen molar-refractivity contribution < 1.29 is 9.47 Å². The van der Waals surface area contributed by atoms with Crippen molar-refractivity contribution in [1.82, 2.24) is 0 Å². The van der Waals surface area contributed by atoms with Gasteiger partial charge in [0.1, 0.15) is 0 Å². The van der Waals surface area contributed by atoms with Crippen molar-refractivity contribution in [3.63, 3.8) is 0 Å². The molecule has 0 saturated heterocycles. The van der Waals surface area contributed by atoms with Crippen molar-refractivity contribution in [2.45, 2.75) is 12.8 Å². The quantitative estimate of drug-likeness (QED) is 0.391. The van der Waals surface area contributed by atoms with Crippen LogP contribution in [-0.2, 0) is 4.74 Å². The molecule has 27 heavy (non-hydrogen) atoms. The highest BCUT2D eigenvalue weighted by atomic mass is 35.5. The summed E-state index contributed by atoms with van der Waals surface area (Å²) in [6.45, 7) is 2.87. The van der Waals surface area contributed by atoms with Gasteiger partial charge in [0.2, 0.25) is 0 Å². The van der Waals surface area contributed by atoms with Crippen molar-refractivity contribution in [2.24, 2.45) is 4.99 Å². The second-order valence-electron chi connectivity index (χ2n) is 5.95. The minimum absolute atomic E-state index is 0.109. The minimum Gasteiger partial charge on any atom is -0.451 e. The predicted octanol–water partition coefficient (Wildman–Crippen LogP) is 5.94. The average Bonchev–Trinajstić information content (AvgIpc) is 2.71. The fourth-order valence-electron chi connectivity index (χ4n) is 2.79. The average molecular weight is 380 g/mol. The first kappa shape index (κ1) is 19.0. The Kier molecular flexibility index (Phi) is 6.89. The summed E-state index contributed by atoms with van der Waals surface area (Å²) in [6.07, 6.45) is 0.225. The van der Waals surface area contributed by atoms with Gasteiger partial charge in [-0.25, -0.2) is 4.99 Å². The summed E-state index contributed by atoms with van der Waals surface area (Å²) in [5, 5.41) is 0.521. The van der Waals surface area contributed by atoms with Crippen molar-refractivity contribution >= 4 is 17.7 Å². The molecule has 3 aromatic carbocycles. The molecule has 0 radical (unpaired) electrons. The molecule has 0 bridgehead atoms. The van der Waals surface area contributed by atoms with Gasteiger partial charge in [0.05, 0.1) is 18.2 Å². The Hall–Kier alpha value is -2.78. The number of hydrogen-bond donors (Lipinski definition) is 0. The van der Waals surface area contributed by atoms with Gasteiger partial charge < -0.3 is 9.47 Å². The van der Waals surface area contributed by atoms with Crippen LogP contribution in [0.1, 0.15) is 24.0 Å². The number of nitrogens with zero attached hydrogens (tertiary/aromatic N) is 1. The molecule has 0 aliphatic rings. The third kappa shape index (κ3) is 5.35. The van der Waals surface area contributed by atoms with Gasteiger partial charge in [0.25, 0.3) is 0 Å². The normalized spacial score (nSPS) is 11.4. The van der Waals surface area contributed by atoms with Crippen LogP contribution in [0.4, 0.5) is 0 Å². The molecular weight excluding hydrogens is 358 g/mol. The molecule has 138 valence electrons. The number of halogens is 1. The standard InChI is InChI=1S/C23H22ClNO2/c1-2-26-23(27-22-16-10-9-15-21(22)24)25-17-20(18-11-5-3-6-12-18)19-13-7-4-8-14-19/h3-16,20H,2,17H2,1H3. The van der Waals surface area contributed by atoms with E-state index in [1.807, 2.05) is 55.5 Å². The van der Waals surface area contributed by atoms with Crippen LogP contribution in [0.2, 0.25) is 5.02 Å². The first-order chi connectivity index (χ1) is 13.3. The van der Waals surface area contributed by atoms with Crippen LogP contribution in [-0.4, -0.2) is 19.2 Å². The van der Waals surface area contributed by atoms with E-state index in [2.05, 4.69) is 29.3 Å². The van der Waals surface area contributed by atoms with E-state index < -0.39 is 0 Å². The molecule has 0 saturated carbocycles. The van der Waals surface area contributed by atoms with Crippen molar-refractivity contribution in [3.05, 3.63) is 101 Å². The zero-order valence-corrected chi connectivity index (χ0v) is 16.0. The Labute approximate surface area is 165 Å². The fourth-order valence-corrected chi connectivity index (χ4v) is 2.97. The summed E-state index contributed by atoms with van der Waals surface area (Å²) in [4.78, 5) is 4.62. The lowest BCUT2D eigenvalue weighted by molar-refractivity contribution is 0.248. The molecule has 0 atom stereocenters. The van der Waals surface area contributed by atoms with Gasteiger partial charge in [-0.05, 0) is 30.2 Å². The van der Waals surface area contributed by atoms with Crippen molar-refractivity contribution in [2.75, 3.05) is 13.2 Å². The molecule has 0 aliphatic heterocycles. The largest absolute Gasteiger partial charge is 0.451 e. The van der Waals surface area contributed by atoms with Gasteiger partial charge in [0, 0.05) is 5.92 Å². The number of hydrogen-bond acceptors (Lipinski definition) is 3. The predicted molar refractivity (Wildman–Crippen MR) is 111 cm³/mol. The van der Waals surface area contributed by atoms with Gasteiger partial charge in [0.15, 0.2) is 5.75 Å². The van der Waals surface area contributed by atoms with E-state index in [-0.39, 0.29) is 12.0 Å². The van der Waals surface area contributed by atoms with Crippen LogP contribution in [0.3, 0.4) is 0 Å². The third-order valence-corrected chi connectivity index (χ3v) is 4.42. The highest BCUT2D eigenvalue weighted by molar-refractivity contribution is 6.32. The Morgan fingerprint density at radius 1 is 0.852 bits per heavy atom. The van der Waals surface area contributed by atoms with Crippen LogP contribution in [0, 0.1) is 0 Å². The summed E-state index contributed by atoms with van der Waals surface area (Å²) in [6, 6.07) is 27.9. The van der Waals surface area contributed by atoms with Crippen LogP contribution in [0.25, 0.3) is 0 Å². The van der Waals surface area contributed by atoms with Gasteiger partial charge in [-0.15, -0.1) is 0 Å². The second-order valence-corrected chi connectivity index (χ2v) is 6.35. The van der Waals surface area contributed by atoms with Crippen LogP contribution in [0.5, 0.6) is 5.75 Å². The Balaban J connectivity index is 1.85. The lowest BCUT2D eigenvalue weighted by atomic mass is 9.91. The van der Waals surface area contributed by atoms with Gasteiger partial charge in [-0.3, -0.25) is 0 Å². The second kappa shape index (κ2) is 9.79. The maximum atomic E-state index is 6.19.